The van der Waals surface area contributed by atoms with E-state index in [4.69, 9.17) is 0 Å². The van der Waals surface area contributed by atoms with E-state index in [9.17, 15) is 9.59 Å². The third-order valence-electron chi connectivity index (χ3n) is 4.19. The van der Waals surface area contributed by atoms with Crippen LogP contribution < -0.4 is 10.9 Å². The van der Waals surface area contributed by atoms with Gasteiger partial charge in [-0.3, -0.25) is 19.1 Å². The molecule has 3 heterocycles. The third-order valence-corrected chi connectivity index (χ3v) is 5.34. The Morgan fingerprint density at radius 3 is 3.04 bits per heavy atom. The molecule has 25 heavy (non-hydrogen) atoms. The summed E-state index contributed by atoms with van der Waals surface area (Å²) in [6.07, 6.45) is 1.51. The van der Waals surface area contributed by atoms with Crippen molar-refractivity contribution in [1.82, 2.24) is 14.5 Å². The van der Waals surface area contributed by atoms with Crippen LogP contribution in [-0.2, 0) is 11.3 Å². The largest absolute Gasteiger partial charge is 0.325 e. The Morgan fingerprint density at radius 1 is 1.32 bits per heavy atom. The van der Waals surface area contributed by atoms with Crippen molar-refractivity contribution in [3.63, 3.8) is 0 Å². The van der Waals surface area contributed by atoms with Crippen LogP contribution >= 0.6 is 11.8 Å². The molecule has 1 unspecified atom stereocenters. The van der Waals surface area contributed by atoms with E-state index in [0.717, 1.165) is 22.3 Å². The molecule has 4 rings (SSSR count). The Morgan fingerprint density at radius 2 is 2.16 bits per heavy atom. The van der Waals surface area contributed by atoms with Gasteiger partial charge in [0.2, 0.25) is 5.91 Å². The third kappa shape index (κ3) is 3.02. The Kier molecular flexibility index (Phi) is 4.01. The fourth-order valence-corrected chi connectivity index (χ4v) is 4.02. The lowest BCUT2D eigenvalue weighted by atomic mass is 10.1. The quantitative estimate of drug-likeness (QED) is 0.717. The molecule has 2 aromatic heterocycles. The molecule has 6 nitrogen and oxygen atoms in total. The first-order valence-corrected chi connectivity index (χ1v) is 8.96. The van der Waals surface area contributed by atoms with Crippen LogP contribution in [0, 0.1) is 12.8 Å². The Labute approximate surface area is 148 Å². The first-order chi connectivity index (χ1) is 12.1. The zero-order chi connectivity index (χ0) is 17.4. The van der Waals surface area contributed by atoms with Crippen LogP contribution in [0.5, 0.6) is 0 Å². The van der Waals surface area contributed by atoms with Crippen LogP contribution in [0.1, 0.15) is 5.69 Å². The SMILES string of the molecule is Cc1cc(NC(=O)C2CSc3nccc(=O)n3C2)c2ccccc2n1. The summed E-state index contributed by atoms with van der Waals surface area (Å²) >= 11 is 1.44. The highest BCUT2D eigenvalue weighted by Gasteiger charge is 2.26. The van der Waals surface area contributed by atoms with Crippen molar-refractivity contribution in [3.8, 4) is 0 Å². The second-order valence-corrected chi connectivity index (χ2v) is 6.99. The summed E-state index contributed by atoms with van der Waals surface area (Å²) in [6.45, 7) is 2.25. The van der Waals surface area contributed by atoms with Gasteiger partial charge in [0.15, 0.2) is 5.16 Å². The Bertz CT molecular complexity index is 1030. The minimum absolute atomic E-state index is 0.0929. The van der Waals surface area contributed by atoms with Crippen LogP contribution in [0.15, 0.2) is 52.5 Å². The molecule has 0 aliphatic carbocycles. The highest BCUT2D eigenvalue weighted by atomic mass is 32.2. The predicted octanol–water partition coefficient (Wildman–Crippen LogP) is 2.46. The number of thioether (sulfide) groups is 1. The fraction of sp³-hybridized carbons (Fsp3) is 0.222. The van der Waals surface area contributed by atoms with Gasteiger partial charge in [-0.2, -0.15) is 0 Å². The second-order valence-electron chi connectivity index (χ2n) is 6.00. The van der Waals surface area contributed by atoms with E-state index in [1.54, 1.807) is 4.57 Å². The first-order valence-electron chi connectivity index (χ1n) is 7.98. The highest BCUT2D eigenvalue weighted by molar-refractivity contribution is 7.99. The standard InChI is InChI=1S/C18H16N4O2S/c1-11-8-15(13-4-2-3-5-14(13)20-11)21-17(24)12-9-22-16(23)6-7-19-18(22)25-10-12/h2-8,12H,9-10H2,1H3,(H,20,21,24). The summed E-state index contributed by atoms with van der Waals surface area (Å²) < 4.78 is 1.56. The molecule has 7 heteroatoms. The van der Waals surface area contributed by atoms with Crippen LogP contribution in [0.4, 0.5) is 5.69 Å². The van der Waals surface area contributed by atoms with E-state index in [2.05, 4.69) is 15.3 Å². The summed E-state index contributed by atoms with van der Waals surface area (Å²) in [4.78, 5) is 33.4. The predicted molar refractivity (Wildman–Crippen MR) is 97.8 cm³/mol. The number of nitrogens with zero attached hydrogens (tertiary/aromatic N) is 3. The molecule has 0 bridgehead atoms. The summed E-state index contributed by atoms with van der Waals surface area (Å²) in [5.41, 5.74) is 2.32. The van der Waals surface area contributed by atoms with Gasteiger partial charge in [0.05, 0.1) is 17.1 Å². The number of aromatic nitrogens is 3. The molecule has 0 fully saturated rings. The molecule has 3 aromatic rings. The number of rotatable bonds is 2. The van der Waals surface area contributed by atoms with E-state index >= 15 is 0 Å². The molecule has 1 aliphatic rings. The number of aryl methyl sites for hydroxylation is 1. The fourth-order valence-electron chi connectivity index (χ4n) is 2.95. The van der Waals surface area contributed by atoms with E-state index in [0.29, 0.717) is 17.5 Å². The molecule has 0 radical (unpaired) electrons. The molecule has 1 aromatic carbocycles. The molecule has 1 N–H and O–H groups in total. The maximum absolute atomic E-state index is 12.8. The summed E-state index contributed by atoms with van der Waals surface area (Å²) in [7, 11) is 0. The van der Waals surface area contributed by atoms with Crippen LogP contribution in [0.3, 0.4) is 0 Å². The van der Waals surface area contributed by atoms with Crippen molar-refractivity contribution >= 4 is 34.3 Å². The Balaban J connectivity index is 1.61. The monoisotopic (exact) mass is 352 g/mol. The highest BCUT2D eigenvalue weighted by Crippen LogP contribution is 2.27. The van der Waals surface area contributed by atoms with Crippen molar-refractivity contribution in [2.45, 2.75) is 18.6 Å². The topological polar surface area (TPSA) is 76.9 Å². The number of carbonyl (C=O) groups excluding carboxylic acids is 1. The van der Waals surface area contributed by atoms with Gasteiger partial charge in [-0.25, -0.2) is 4.98 Å². The molecule has 126 valence electrons. The first kappa shape index (κ1) is 15.8. The van der Waals surface area contributed by atoms with Gasteiger partial charge in [-0.05, 0) is 19.1 Å². The smallest absolute Gasteiger partial charge is 0.254 e. The number of amides is 1. The minimum Gasteiger partial charge on any atom is -0.325 e. The summed E-state index contributed by atoms with van der Waals surface area (Å²) in [5, 5.41) is 4.59. The van der Waals surface area contributed by atoms with Gasteiger partial charge < -0.3 is 5.32 Å². The van der Waals surface area contributed by atoms with E-state index in [1.807, 2.05) is 37.3 Å². The number of carbonyl (C=O) groups is 1. The van der Waals surface area contributed by atoms with Gasteiger partial charge in [-0.1, -0.05) is 30.0 Å². The number of hydrogen-bond acceptors (Lipinski definition) is 5. The summed E-state index contributed by atoms with van der Waals surface area (Å²) in [6, 6.07) is 11.0. The van der Waals surface area contributed by atoms with Crippen molar-refractivity contribution in [2.75, 3.05) is 11.1 Å². The van der Waals surface area contributed by atoms with Gasteiger partial charge in [-0.15, -0.1) is 0 Å². The van der Waals surface area contributed by atoms with Gasteiger partial charge in [0.25, 0.3) is 5.56 Å². The van der Waals surface area contributed by atoms with Gasteiger partial charge in [0.1, 0.15) is 0 Å². The normalized spacial score (nSPS) is 16.4. The number of anilines is 1. The molecule has 1 atom stereocenters. The molecule has 0 saturated carbocycles. The molecule has 1 aliphatic heterocycles. The zero-order valence-electron chi connectivity index (χ0n) is 13.6. The molecular formula is C18H16N4O2S. The van der Waals surface area contributed by atoms with E-state index < -0.39 is 0 Å². The maximum atomic E-state index is 12.8. The number of fused-ring (bicyclic) bond motifs is 2. The van der Waals surface area contributed by atoms with Crippen LogP contribution in [0.2, 0.25) is 0 Å². The second kappa shape index (κ2) is 6.33. The Hall–Kier alpha value is -2.67. The number of benzene rings is 1. The average molecular weight is 352 g/mol. The number of hydrogen-bond donors (Lipinski definition) is 1. The van der Waals surface area contributed by atoms with Crippen molar-refractivity contribution < 1.29 is 4.79 Å². The van der Waals surface area contributed by atoms with Gasteiger partial charge in [0, 0.05) is 35.6 Å². The summed E-state index contributed by atoms with van der Waals surface area (Å²) in [5.74, 6) is 0.223. The molecule has 1 amide bonds. The van der Waals surface area contributed by atoms with Crippen LogP contribution in [-0.4, -0.2) is 26.2 Å². The van der Waals surface area contributed by atoms with E-state index in [1.165, 1.54) is 24.0 Å². The van der Waals surface area contributed by atoms with Gasteiger partial charge >= 0.3 is 0 Å². The zero-order valence-corrected chi connectivity index (χ0v) is 14.4. The molecule has 0 spiro atoms. The lowest BCUT2D eigenvalue weighted by Crippen LogP contribution is -2.36. The molecular weight excluding hydrogens is 336 g/mol. The van der Waals surface area contributed by atoms with Crippen molar-refractivity contribution in [1.29, 1.82) is 0 Å². The lowest BCUT2D eigenvalue weighted by molar-refractivity contribution is -0.119. The average Bonchev–Trinajstić information content (AvgIpc) is 2.61. The number of nitrogens with one attached hydrogen (secondary N) is 1. The lowest BCUT2D eigenvalue weighted by Gasteiger charge is -2.24. The van der Waals surface area contributed by atoms with E-state index in [-0.39, 0.29) is 17.4 Å². The van der Waals surface area contributed by atoms with Crippen molar-refractivity contribution in [3.05, 3.63) is 58.6 Å². The maximum Gasteiger partial charge on any atom is 0.254 e. The number of para-hydroxylation sites is 1. The van der Waals surface area contributed by atoms with Crippen LogP contribution in [0.25, 0.3) is 10.9 Å². The van der Waals surface area contributed by atoms with Crippen molar-refractivity contribution in [2.24, 2.45) is 5.92 Å². The minimum atomic E-state index is -0.286. The number of pyridine rings is 1. The molecule has 0 saturated heterocycles.